The average molecular weight is 330 g/mol. The van der Waals surface area contributed by atoms with Crippen molar-refractivity contribution >= 4 is 11.7 Å². The molecule has 2 amide bonds. The number of amides is 2. The van der Waals surface area contributed by atoms with E-state index >= 15 is 0 Å². The minimum Gasteiger partial charge on any atom is -0.377 e. The van der Waals surface area contributed by atoms with Crippen molar-refractivity contribution in [1.82, 2.24) is 15.6 Å². The summed E-state index contributed by atoms with van der Waals surface area (Å²) >= 11 is 0. The maximum Gasteiger partial charge on any atom is 0.315 e. The van der Waals surface area contributed by atoms with Crippen molar-refractivity contribution in [3.63, 3.8) is 0 Å². The third-order valence-corrected chi connectivity index (χ3v) is 3.87. The summed E-state index contributed by atoms with van der Waals surface area (Å²) in [6.07, 6.45) is 3.45. The highest BCUT2D eigenvalue weighted by molar-refractivity contribution is 5.75. The fraction of sp³-hybridized carbons (Fsp3) is 0.333. The molecular formula is C18H23FN4O. The number of nitrogens with zero attached hydrogens (tertiary/aromatic N) is 2. The first-order valence-corrected chi connectivity index (χ1v) is 7.79. The number of carbonyl (C=O) groups excluding carboxylic acids is 1. The third kappa shape index (κ3) is 4.44. The number of halogens is 1. The van der Waals surface area contributed by atoms with E-state index in [1.807, 2.05) is 38.9 Å². The van der Waals surface area contributed by atoms with Gasteiger partial charge < -0.3 is 15.5 Å². The molecule has 0 bridgehead atoms. The van der Waals surface area contributed by atoms with Gasteiger partial charge in [-0.25, -0.2) is 9.18 Å². The second-order valence-corrected chi connectivity index (χ2v) is 5.95. The van der Waals surface area contributed by atoms with Gasteiger partial charge in [0, 0.05) is 44.3 Å². The number of aromatic nitrogens is 1. The van der Waals surface area contributed by atoms with Gasteiger partial charge in [0.05, 0.1) is 6.04 Å². The van der Waals surface area contributed by atoms with E-state index in [4.69, 9.17) is 0 Å². The average Bonchev–Trinajstić information content (AvgIpc) is 2.53. The van der Waals surface area contributed by atoms with Crippen LogP contribution >= 0.6 is 0 Å². The molecule has 6 heteroatoms. The number of anilines is 1. The summed E-state index contributed by atoms with van der Waals surface area (Å²) in [6.45, 7) is 4.19. The predicted octanol–water partition coefficient (Wildman–Crippen LogP) is 3.16. The minimum atomic E-state index is -0.326. The van der Waals surface area contributed by atoms with Crippen LogP contribution in [-0.4, -0.2) is 25.1 Å². The largest absolute Gasteiger partial charge is 0.377 e. The molecule has 0 aliphatic heterocycles. The summed E-state index contributed by atoms with van der Waals surface area (Å²) in [5.74, 6) is -0.323. The van der Waals surface area contributed by atoms with Crippen molar-refractivity contribution in [1.29, 1.82) is 0 Å². The Kier molecular flexibility index (Phi) is 5.73. The van der Waals surface area contributed by atoms with Gasteiger partial charge in [0.25, 0.3) is 0 Å². The van der Waals surface area contributed by atoms with Crippen LogP contribution in [0.2, 0.25) is 0 Å². The molecule has 2 N–H and O–H groups in total. The van der Waals surface area contributed by atoms with Gasteiger partial charge in [-0.1, -0.05) is 0 Å². The monoisotopic (exact) mass is 330 g/mol. The Labute approximate surface area is 141 Å². The Morgan fingerprint density at radius 2 is 2.08 bits per heavy atom. The number of aryl methyl sites for hydroxylation is 1. The summed E-state index contributed by atoms with van der Waals surface area (Å²) in [5.41, 5.74) is 3.62. The molecule has 24 heavy (non-hydrogen) atoms. The van der Waals surface area contributed by atoms with Gasteiger partial charge in [0.15, 0.2) is 0 Å². The number of pyridine rings is 1. The van der Waals surface area contributed by atoms with E-state index in [1.165, 1.54) is 12.1 Å². The second kappa shape index (κ2) is 7.77. The molecule has 0 saturated carbocycles. The number of urea groups is 1. The zero-order chi connectivity index (χ0) is 17.7. The molecule has 5 nitrogen and oxygen atoms in total. The van der Waals surface area contributed by atoms with Crippen LogP contribution in [0.3, 0.4) is 0 Å². The van der Waals surface area contributed by atoms with Crippen LogP contribution in [0.5, 0.6) is 0 Å². The standard InChI is InChI=1S/C18H23FN4O/c1-12-7-8-20-10-14(12)11-21-18(24)22-13(2)16-9-15(19)5-6-17(16)23(3)4/h5-10,13H,11H2,1-4H3,(H2,21,22,24). The maximum atomic E-state index is 13.6. The number of hydrogen-bond acceptors (Lipinski definition) is 3. The Bertz CT molecular complexity index is 718. The van der Waals surface area contributed by atoms with Crippen LogP contribution in [0.4, 0.5) is 14.9 Å². The highest BCUT2D eigenvalue weighted by Crippen LogP contribution is 2.25. The molecule has 1 heterocycles. The third-order valence-electron chi connectivity index (χ3n) is 3.87. The predicted molar refractivity (Wildman–Crippen MR) is 93.5 cm³/mol. The molecule has 2 rings (SSSR count). The molecule has 0 radical (unpaired) electrons. The van der Waals surface area contributed by atoms with Gasteiger partial charge in [0.2, 0.25) is 0 Å². The van der Waals surface area contributed by atoms with Crippen molar-refractivity contribution < 1.29 is 9.18 Å². The smallest absolute Gasteiger partial charge is 0.315 e. The van der Waals surface area contributed by atoms with Gasteiger partial charge in [-0.15, -0.1) is 0 Å². The van der Waals surface area contributed by atoms with Crippen molar-refractivity contribution in [2.24, 2.45) is 0 Å². The van der Waals surface area contributed by atoms with Crippen LogP contribution in [0.1, 0.15) is 29.7 Å². The first-order chi connectivity index (χ1) is 11.4. The van der Waals surface area contributed by atoms with Gasteiger partial charge in [-0.2, -0.15) is 0 Å². The lowest BCUT2D eigenvalue weighted by Gasteiger charge is -2.22. The topological polar surface area (TPSA) is 57.3 Å². The Morgan fingerprint density at radius 1 is 1.33 bits per heavy atom. The van der Waals surface area contributed by atoms with Crippen molar-refractivity contribution in [3.8, 4) is 0 Å². The van der Waals surface area contributed by atoms with E-state index in [0.29, 0.717) is 6.54 Å². The molecule has 0 aliphatic carbocycles. The number of benzene rings is 1. The van der Waals surface area contributed by atoms with Crippen LogP contribution < -0.4 is 15.5 Å². The fourth-order valence-corrected chi connectivity index (χ4v) is 2.46. The molecule has 0 saturated heterocycles. The number of carbonyl (C=O) groups is 1. The normalized spacial score (nSPS) is 11.7. The zero-order valence-corrected chi connectivity index (χ0v) is 14.4. The molecule has 0 fully saturated rings. The molecule has 1 aromatic carbocycles. The summed E-state index contributed by atoms with van der Waals surface area (Å²) < 4.78 is 13.6. The molecule has 1 unspecified atom stereocenters. The minimum absolute atomic E-state index is 0.306. The highest BCUT2D eigenvalue weighted by Gasteiger charge is 2.15. The molecular weight excluding hydrogens is 307 g/mol. The van der Waals surface area contributed by atoms with E-state index in [2.05, 4.69) is 15.6 Å². The lowest BCUT2D eigenvalue weighted by Crippen LogP contribution is -2.37. The first-order valence-electron chi connectivity index (χ1n) is 7.79. The zero-order valence-electron chi connectivity index (χ0n) is 14.4. The highest BCUT2D eigenvalue weighted by atomic mass is 19.1. The SMILES string of the molecule is Cc1ccncc1CNC(=O)NC(C)c1cc(F)ccc1N(C)C. The number of hydrogen-bond donors (Lipinski definition) is 2. The number of rotatable bonds is 5. The van der Waals surface area contributed by atoms with Crippen molar-refractivity contribution in [3.05, 3.63) is 59.2 Å². The quantitative estimate of drug-likeness (QED) is 0.885. The molecule has 128 valence electrons. The van der Waals surface area contributed by atoms with Gasteiger partial charge in [-0.05, 0) is 49.2 Å². The summed E-state index contributed by atoms with van der Waals surface area (Å²) in [6, 6.07) is 5.84. The summed E-state index contributed by atoms with van der Waals surface area (Å²) in [4.78, 5) is 18.1. The first kappa shape index (κ1) is 17.7. The number of nitrogens with one attached hydrogen (secondary N) is 2. The van der Waals surface area contributed by atoms with Gasteiger partial charge in [0.1, 0.15) is 5.82 Å². The Hall–Kier alpha value is -2.63. The van der Waals surface area contributed by atoms with Crippen molar-refractivity contribution in [2.75, 3.05) is 19.0 Å². The molecule has 0 aliphatic rings. The Morgan fingerprint density at radius 3 is 2.75 bits per heavy atom. The Balaban J connectivity index is 2.02. The fourth-order valence-electron chi connectivity index (χ4n) is 2.46. The van der Waals surface area contributed by atoms with E-state index in [0.717, 1.165) is 22.4 Å². The van der Waals surface area contributed by atoms with E-state index in [-0.39, 0.29) is 17.9 Å². The van der Waals surface area contributed by atoms with Crippen molar-refractivity contribution in [2.45, 2.75) is 26.4 Å². The van der Waals surface area contributed by atoms with E-state index < -0.39 is 0 Å². The lowest BCUT2D eigenvalue weighted by molar-refractivity contribution is 0.237. The lowest BCUT2D eigenvalue weighted by atomic mass is 10.1. The molecule has 1 aromatic heterocycles. The van der Waals surface area contributed by atoms with Crippen LogP contribution in [0.25, 0.3) is 0 Å². The molecule has 0 spiro atoms. The van der Waals surface area contributed by atoms with E-state index in [9.17, 15) is 9.18 Å². The van der Waals surface area contributed by atoms with E-state index in [1.54, 1.807) is 18.5 Å². The molecule has 2 aromatic rings. The second-order valence-electron chi connectivity index (χ2n) is 5.95. The van der Waals surface area contributed by atoms with Crippen LogP contribution in [-0.2, 0) is 6.54 Å². The van der Waals surface area contributed by atoms with Gasteiger partial charge in [-0.3, -0.25) is 4.98 Å². The molecule has 1 atom stereocenters. The summed E-state index contributed by atoms with van der Waals surface area (Å²) in [5, 5.41) is 5.65. The van der Waals surface area contributed by atoms with Crippen LogP contribution in [0.15, 0.2) is 36.7 Å². The summed E-state index contributed by atoms with van der Waals surface area (Å²) in [7, 11) is 3.77. The van der Waals surface area contributed by atoms with Crippen LogP contribution in [0, 0.1) is 12.7 Å². The maximum absolute atomic E-state index is 13.6. The van der Waals surface area contributed by atoms with Gasteiger partial charge >= 0.3 is 6.03 Å².